The minimum atomic E-state index is 0.533. The van der Waals surface area contributed by atoms with Crippen molar-refractivity contribution >= 4 is 0 Å². The summed E-state index contributed by atoms with van der Waals surface area (Å²) in [5.41, 5.74) is 1.44. The van der Waals surface area contributed by atoms with Crippen LogP contribution in [0.25, 0.3) is 0 Å². The summed E-state index contributed by atoms with van der Waals surface area (Å²) in [6.07, 6.45) is 5.46. The van der Waals surface area contributed by atoms with E-state index in [1.165, 1.54) is 31.5 Å². The van der Waals surface area contributed by atoms with Crippen molar-refractivity contribution in [3.8, 4) is 0 Å². The van der Waals surface area contributed by atoms with Crippen molar-refractivity contribution in [3.63, 3.8) is 0 Å². The highest BCUT2D eigenvalue weighted by molar-refractivity contribution is 5.15. The minimum Gasteiger partial charge on any atom is -0.320 e. The van der Waals surface area contributed by atoms with Crippen molar-refractivity contribution in [2.24, 2.45) is 13.0 Å². The van der Waals surface area contributed by atoms with E-state index in [0.717, 1.165) is 18.8 Å². The second-order valence-electron chi connectivity index (χ2n) is 6.69. The second kappa shape index (κ2) is 7.05. The van der Waals surface area contributed by atoms with E-state index >= 15 is 0 Å². The first kappa shape index (κ1) is 15.2. The monoisotopic (exact) mass is 298 g/mol. The van der Waals surface area contributed by atoms with Gasteiger partial charge in [-0.3, -0.25) is 0 Å². The number of aromatic nitrogens is 3. The number of hydrogen-bond donors (Lipinski definition) is 0. The molecule has 0 amide bonds. The molecule has 4 nitrogen and oxygen atoms in total. The summed E-state index contributed by atoms with van der Waals surface area (Å²) >= 11 is 0. The molecule has 0 unspecified atom stereocenters. The molecule has 22 heavy (non-hydrogen) atoms. The van der Waals surface area contributed by atoms with Crippen molar-refractivity contribution in [2.45, 2.75) is 32.1 Å². The molecule has 1 aliphatic heterocycles. The van der Waals surface area contributed by atoms with Gasteiger partial charge in [-0.15, -0.1) is 10.2 Å². The molecule has 0 radical (unpaired) electrons. The zero-order chi connectivity index (χ0) is 15.4. The first-order valence-electron chi connectivity index (χ1n) is 8.32. The van der Waals surface area contributed by atoms with Gasteiger partial charge in [-0.1, -0.05) is 37.3 Å². The lowest BCUT2D eigenvalue weighted by molar-refractivity contribution is 0.179. The van der Waals surface area contributed by atoms with Crippen LogP contribution < -0.4 is 0 Å². The zero-order valence-electron chi connectivity index (χ0n) is 13.7. The molecule has 1 aromatic carbocycles. The molecule has 0 bridgehead atoms. The standard InChI is InChI=1S/C18H26N4/c1-15(11-16-7-4-3-5-8-16)12-22-10-6-9-17(13-22)18-20-19-14-21(18)2/h3-5,7-8,14-15,17H,6,9-13H2,1-2H3/t15-,17+/m1/s1. The van der Waals surface area contributed by atoms with Gasteiger partial charge in [-0.05, 0) is 37.3 Å². The van der Waals surface area contributed by atoms with Crippen LogP contribution in [-0.2, 0) is 13.5 Å². The third-order valence-corrected chi connectivity index (χ3v) is 4.61. The van der Waals surface area contributed by atoms with Crippen LogP contribution in [0, 0.1) is 5.92 Å². The third-order valence-electron chi connectivity index (χ3n) is 4.61. The molecule has 0 spiro atoms. The summed E-state index contributed by atoms with van der Waals surface area (Å²) in [4.78, 5) is 2.61. The first-order valence-corrected chi connectivity index (χ1v) is 8.32. The van der Waals surface area contributed by atoms with E-state index < -0.39 is 0 Å². The maximum Gasteiger partial charge on any atom is 0.136 e. The van der Waals surface area contributed by atoms with Gasteiger partial charge in [-0.2, -0.15) is 0 Å². The van der Waals surface area contributed by atoms with Gasteiger partial charge in [0.25, 0.3) is 0 Å². The molecular formula is C18H26N4. The van der Waals surface area contributed by atoms with Crippen LogP contribution in [0.3, 0.4) is 0 Å². The lowest BCUT2D eigenvalue weighted by Gasteiger charge is -2.33. The molecule has 0 aliphatic carbocycles. The summed E-state index contributed by atoms with van der Waals surface area (Å²) in [5.74, 6) is 2.35. The smallest absolute Gasteiger partial charge is 0.136 e. The second-order valence-corrected chi connectivity index (χ2v) is 6.69. The number of likely N-dealkylation sites (tertiary alicyclic amines) is 1. The molecule has 1 saturated heterocycles. The van der Waals surface area contributed by atoms with Gasteiger partial charge in [-0.25, -0.2) is 0 Å². The fraction of sp³-hybridized carbons (Fsp3) is 0.556. The van der Waals surface area contributed by atoms with Crippen molar-refractivity contribution in [2.75, 3.05) is 19.6 Å². The summed E-state index contributed by atoms with van der Waals surface area (Å²) in [6, 6.07) is 10.8. The average Bonchev–Trinajstić information content (AvgIpc) is 2.94. The Balaban J connectivity index is 1.55. The van der Waals surface area contributed by atoms with Gasteiger partial charge in [0.05, 0.1) is 0 Å². The fourth-order valence-electron chi connectivity index (χ4n) is 3.62. The van der Waals surface area contributed by atoms with E-state index in [-0.39, 0.29) is 0 Å². The Kier molecular flexibility index (Phi) is 4.88. The molecular weight excluding hydrogens is 272 g/mol. The summed E-state index contributed by atoms with van der Waals surface area (Å²) in [7, 11) is 2.05. The molecule has 2 atom stereocenters. The predicted molar refractivity (Wildman–Crippen MR) is 88.7 cm³/mol. The van der Waals surface area contributed by atoms with Crippen molar-refractivity contribution in [1.82, 2.24) is 19.7 Å². The Morgan fingerprint density at radius 1 is 1.27 bits per heavy atom. The van der Waals surface area contributed by atoms with E-state index in [2.05, 4.69) is 56.9 Å². The topological polar surface area (TPSA) is 34.0 Å². The predicted octanol–water partition coefficient (Wildman–Crippen LogP) is 2.87. The molecule has 2 heterocycles. The summed E-state index contributed by atoms with van der Waals surface area (Å²) < 4.78 is 2.07. The normalized spacial score (nSPS) is 20.9. The zero-order valence-corrected chi connectivity index (χ0v) is 13.7. The van der Waals surface area contributed by atoms with Gasteiger partial charge < -0.3 is 9.47 Å². The highest BCUT2D eigenvalue weighted by Crippen LogP contribution is 2.25. The largest absolute Gasteiger partial charge is 0.320 e. The van der Waals surface area contributed by atoms with E-state index in [1.807, 2.05) is 13.4 Å². The number of benzene rings is 1. The molecule has 0 N–H and O–H groups in total. The van der Waals surface area contributed by atoms with Crippen LogP contribution >= 0.6 is 0 Å². The summed E-state index contributed by atoms with van der Waals surface area (Å²) in [6.45, 7) is 5.86. The molecule has 4 heteroatoms. The molecule has 1 fully saturated rings. The van der Waals surface area contributed by atoms with Crippen molar-refractivity contribution < 1.29 is 0 Å². The van der Waals surface area contributed by atoms with Crippen molar-refractivity contribution in [1.29, 1.82) is 0 Å². The maximum atomic E-state index is 4.31. The van der Waals surface area contributed by atoms with E-state index in [1.54, 1.807) is 0 Å². The maximum absolute atomic E-state index is 4.31. The average molecular weight is 298 g/mol. The Morgan fingerprint density at radius 2 is 2.09 bits per heavy atom. The lowest BCUT2D eigenvalue weighted by Crippen LogP contribution is -2.38. The number of piperidine rings is 1. The van der Waals surface area contributed by atoms with Gasteiger partial charge in [0.1, 0.15) is 12.2 Å². The Labute approximate surface area is 133 Å². The van der Waals surface area contributed by atoms with E-state index in [4.69, 9.17) is 0 Å². The highest BCUT2D eigenvalue weighted by atomic mass is 15.3. The minimum absolute atomic E-state index is 0.533. The van der Waals surface area contributed by atoms with Gasteiger partial charge >= 0.3 is 0 Å². The SMILES string of the molecule is C[C@H](Cc1ccccc1)CN1CCC[C@H](c2nncn2C)C1. The highest BCUT2D eigenvalue weighted by Gasteiger charge is 2.25. The van der Waals surface area contributed by atoms with Crippen LogP contribution in [0.2, 0.25) is 0 Å². The quantitative estimate of drug-likeness (QED) is 0.851. The molecule has 118 valence electrons. The summed E-state index contributed by atoms with van der Waals surface area (Å²) in [5, 5.41) is 8.34. The van der Waals surface area contributed by atoms with E-state index in [9.17, 15) is 0 Å². The number of aryl methyl sites for hydroxylation is 1. The van der Waals surface area contributed by atoms with Crippen LogP contribution in [0.4, 0.5) is 0 Å². The molecule has 0 saturated carbocycles. The fourth-order valence-corrected chi connectivity index (χ4v) is 3.62. The van der Waals surface area contributed by atoms with E-state index in [0.29, 0.717) is 11.8 Å². The Morgan fingerprint density at radius 3 is 2.82 bits per heavy atom. The van der Waals surface area contributed by atoms with Crippen molar-refractivity contribution in [3.05, 3.63) is 48.0 Å². The molecule has 1 aliphatic rings. The van der Waals surface area contributed by atoms with Crippen LogP contribution in [0.1, 0.15) is 37.1 Å². The molecule has 2 aromatic rings. The Bertz CT molecular complexity index is 578. The number of hydrogen-bond acceptors (Lipinski definition) is 3. The van der Waals surface area contributed by atoms with Gasteiger partial charge in [0, 0.05) is 26.1 Å². The van der Waals surface area contributed by atoms with Gasteiger partial charge in [0.2, 0.25) is 0 Å². The molecule has 1 aromatic heterocycles. The van der Waals surface area contributed by atoms with Gasteiger partial charge in [0.15, 0.2) is 0 Å². The first-order chi connectivity index (χ1) is 10.7. The van der Waals surface area contributed by atoms with Crippen LogP contribution in [-0.4, -0.2) is 39.3 Å². The Hall–Kier alpha value is -1.68. The lowest BCUT2D eigenvalue weighted by atomic mass is 9.95. The molecule has 3 rings (SSSR count). The number of nitrogens with zero attached hydrogens (tertiary/aromatic N) is 4. The van der Waals surface area contributed by atoms with Crippen LogP contribution in [0.5, 0.6) is 0 Å². The van der Waals surface area contributed by atoms with Crippen LogP contribution in [0.15, 0.2) is 36.7 Å². The third kappa shape index (κ3) is 3.74. The number of rotatable bonds is 5.